The number of aryl methyl sites for hydroxylation is 1. The van der Waals surface area contributed by atoms with E-state index in [9.17, 15) is 9.59 Å². The molecular formula is C26H34N2O6. The fourth-order valence-electron chi connectivity index (χ4n) is 4.95. The zero-order chi connectivity index (χ0) is 24.2. The maximum atomic E-state index is 12.8. The Kier molecular flexibility index (Phi) is 7.58. The number of nitrogens with zero attached hydrogens (tertiary/aromatic N) is 2. The summed E-state index contributed by atoms with van der Waals surface area (Å²) in [6.07, 6.45) is 2.24. The standard InChI is InChI=1S/C26H34N2O6/c1-17-23(29)14-24(34-16-21(32-3)15-31-2)28-12-9-19-13-20(5-6-22(19)25(17)28)27-10-7-18(8-11-27)26(30)33-4/h5-6,13-14,18,21H,7-12,15-16H2,1-4H3/t21-/m0/s1. The lowest BCUT2D eigenvalue weighted by Crippen LogP contribution is -2.36. The minimum Gasteiger partial charge on any atom is -0.476 e. The summed E-state index contributed by atoms with van der Waals surface area (Å²) in [6.45, 7) is 4.99. The SMILES string of the molecule is COC[C@@H](COc1cc(=O)c(C)c2n1CCc1cc(N3CCC(C(=O)OC)CC3)ccc1-2)OC. The Hall–Kier alpha value is -2.84. The molecule has 8 nitrogen and oxygen atoms in total. The van der Waals surface area contributed by atoms with Gasteiger partial charge in [-0.1, -0.05) is 6.07 Å². The van der Waals surface area contributed by atoms with Crippen LogP contribution in [0.3, 0.4) is 0 Å². The highest BCUT2D eigenvalue weighted by atomic mass is 16.6. The maximum absolute atomic E-state index is 12.8. The third-order valence-corrected chi connectivity index (χ3v) is 6.96. The average Bonchev–Trinajstić information content (AvgIpc) is 2.87. The van der Waals surface area contributed by atoms with Gasteiger partial charge in [-0.25, -0.2) is 0 Å². The molecular weight excluding hydrogens is 436 g/mol. The van der Waals surface area contributed by atoms with E-state index in [4.69, 9.17) is 18.9 Å². The van der Waals surface area contributed by atoms with Crippen LogP contribution in [0.25, 0.3) is 11.3 Å². The summed E-state index contributed by atoms with van der Waals surface area (Å²) in [6, 6.07) is 8.03. The van der Waals surface area contributed by atoms with Crippen molar-refractivity contribution in [3.63, 3.8) is 0 Å². The Bertz CT molecular complexity index is 1090. The van der Waals surface area contributed by atoms with Crippen LogP contribution >= 0.6 is 0 Å². The van der Waals surface area contributed by atoms with E-state index in [1.807, 2.05) is 6.92 Å². The minimum absolute atomic E-state index is 0.0136. The van der Waals surface area contributed by atoms with Crippen molar-refractivity contribution in [3.8, 4) is 17.1 Å². The molecule has 0 N–H and O–H groups in total. The van der Waals surface area contributed by atoms with Gasteiger partial charge in [0, 0.05) is 56.7 Å². The molecule has 8 heteroatoms. The van der Waals surface area contributed by atoms with Gasteiger partial charge in [-0.2, -0.15) is 0 Å². The Balaban J connectivity index is 1.58. The van der Waals surface area contributed by atoms with Gasteiger partial charge in [-0.3, -0.25) is 9.59 Å². The number of hydrogen-bond donors (Lipinski definition) is 0. The van der Waals surface area contributed by atoms with Crippen molar-refractivity contribution in [2.75, 3.05) is 52.5 Å². The van der Waals surface area contributed by atoms with E-state index in [1.54, 1.807) is 20.3 Å². The largest absolute Gasteiger partial charge is 0.476 e. The van der Waals surface area contributed by atoms with Crippen molar-refractivity contribution < 1.29 is 23.7 Å². The number of esters is 1. The van der Waals surface area contributed by atoms with Crippen molar-refractivity contribution in [3.05, 3.63) is 45.6 Å². The lowest BCUT2D eigenvalue weighted by Gasteiger charge is -2.34. The van der Waals surface area contributed by atoms with E-state index in [1.165, 1.54) is 12.7 Å². The predicted octanol–water partition coefficient (Wildman–Crippen LogP) is 2.81. The summed E-state index contributed by atoms with van der Waals surface area (Å²) in [5.74, 6) is 0.434. The van der Waals surface area contributed by atoms with Crippen molar-refractivity contribution in [1.29, 1.82) is 0 Å². The van der Waals surface area contributed by atoms with Gasteiger partial charge in [-0.05, 0) is 43.9 Å². The van der Waals surface area contributed by atoms with Crippen LogP contribution in [0.15, 0.2) is 29.1 Å². The highest BCUT2D eigenvalue weighted by Gasteiger charge is 2.27. The van der Waals surface area contributed by atoms with Crippen LogP contribution in [0.1, 0.15) is 24.0 Å². The van der Waals surface area contributed by atoms with Crippen molar-refractivity contribution in [2.24, 2.45) is 5.92 Å². The molecule has 0 radical (unpaired) electrons. The first kappa shape index (κ1) is 24.3. The summed E-state index contributed by atoms with van der Waals surface area (Å²) < 4.78 is 23.6. The molecule has 0 saturated carbocycles. The van der Waals surface area contributed by atoms with Gasteiger partial charge in [0.25, 0.3) is 0 Å². The summed E-state index contributed by atoms with van der Waals surface area (Å²) in [4.78, 5) is 27.0. The highest BCUT2D eigenvalue weighted by molar-refractivity contribution is 5.74. The molecule has 1 aromatic heterocycles. The second kappa shape index (κ2) is 10.6. The number of piperidine rings is 1. The number of aromatic nitrogens is 1. The number of ether oxygens (including phenoxy) is 4. The summed E-state index contributed by atoms with van der Waals surface area (Å²) in [5.41, 5.74) is 5.05. The molecule has 1 fully saturated rings. The lowest BCUT2D eigenvalue weighted by atomic mass is 9.92. The topological polar surface area (TPSA) is 79.2 Å². The molecule has 0 spiro atoms. The normalized spacial score (nSPS) is 16.5. The highest BCUT2D eigenvalue weighted by Crippen LogP contribution is 2.36. The monoisotopic (exact) mass is 470 g/mol. The molecule has 2 aliphatic rings. The Morgan fingerprint density at radius 3 is 2.53 bits per heavy atom. The number of anilines is 1. The van der Waals surface area contributed by atoms with Crippen molar-refractivity contribution in [1.82, 2.24) is 4.57 Å². The van der Waals surface area contributed by atoms with Crippen LogP contribution in [0.4, 0.5) is 5.69 Å². The van der Waals surface area contributed by atoms with Crippen molar-refractivity contribution >= 4 is 11.7 Å². The van der Waals surface area contributed by atoms with Crippen LogP contribution < -0.4 is 15.1 Å². The van der Waals surface area contributed by atoms with Crippen LogP contribution in [-0.4, -0.2) is 64.3 Å². The number of fused-ring (bicyclic) bond motifs is 3. The summed E-state index contributed by atoms with van der Waals surface area (Å²) >= 11 is 0. The Labute approximate surface area is 200 Å². The smallest absolute Gasteiger partial charge is 0.308 e. The maximum Gasteiger partial charge on any atom is 0.308 e. The number of carbonyl (C=O) groups excluding carboxylic acids is 1. The molecule has 0 bridgehead atoms. The minimum atomic E-state index is -0.209. The predicted molar refractivity (Wildman–Crippen MR) is 130 cm³/mol. The molecule has 2 aliphatic heterocycles. The van der Waals surface area contributed by atoms with Gasteiger partial charge < -0.3 is 28.4 Å². The number of rotatable bonds is 8. The van der Waals surface area contributed by atoms with E-state index < -0.39 is 0 Å². The first-order valence-electron chi connectivity index (χ1n) is 11.8. The molecule has 1 aromatic carbocycles. The average molecular weight is 471 g/mol. The fourth-order valence-corrected chi connectivity index (χ4v) is 4.95. The van der Waals surface area contributed by atoms with Gasteiger partial charge in [0.2, 0.25) is 0 Å². The molecule has 3 heterocycles. The van der Waals surface area contributed by atoms with Crippen LogP contribution in [-0.2, 0) is 32.0 Å². The summed E-state index contributed by atoms with van der Waals surface area (Å²) in [5, 5.41) is 0. The Morgan fingerprint density at radius 1 is 1.09 bits per heavy atom. The van der Waals surface area contributed by atoms with Gasteiger partial charge in [0.1, 0.15) is 12.7 Å². The van der Waals surface area contributed by atoms with Gasteiger partial charge in [0.05, 0.1) is 25.3 Å². The van der Waals surface area contributed by atoms with Crippen molar-refractivity contribution in [2.45, 2.75) is 38.8 Å². The third-order valence-electron chi connectivity index (χ3n) is 6.96. The third kappa shape index (κ3) is 4.83. The molecule has 184 valence electrons. The lowest BCUT2D eigenvalue weighted by molar-refractivity contribution is -0.146. The van der Waals surface area contributed by atoms with Gasteiger partial charge in [-0.15, -0.1) is 0 Å². The second-order valence-electron chi connectivity index (χ2n) is 8.97. The number of methoxy groups -OCH3 is 3. The molecule has 34 heavy (non-hydrogen) atoms. The van der Waals surface area contributed by atoms with Crippen LogP contribution in [0.2, 0.25) is 0 Å². The van der Waals surface area contributed by atoms with Crippen LogP contribution in [0, 0.1) is 12.8 Å². The summed E-state index contributed by atoms with van der Waals surface area (Å²) in [7, 11) is 4.70. The molecule has 1 saturated heterocycles. The quantitative estimate of drug-likeness (QED) is 0.549. The number of carbonyl (C=O) groups is 1. The van der Waals surface area contributed by atoms with E-state index in [0.717, 1.165) is 61.4 Å². The fraction of sp³-hybridized carbons (Fsp3) is 0.538. The van der Waals surface area contributed by atoms with E-state index in [-0.39, 0.29) is 23.4 Å². The van der Waals surface area contributed by atoms with Crippen LogP contribution in [0.5, 0.6) is 5.88 Å². The zero-order valence-corrected chi connectivity index (χ0v) is 20.5. The molecule has 4 rings (SSSR count). The van der Waals surface area contributed by atoms with E-state index in [0.29, 0.717) is 19.1 Å². The molecule has 0 aliphatic carbocycles. The first-order valence-corrected chi connectivity index (χ1v) is 11.8. The molecule has 0 amide bonds. The number of benzene rings is 1. The Morgan fingerprint density at radius 2 is 1.85 bits per heavy atom. The van der Waals surface area contributed by atoms with Gasteiger partial charge in [0.15, 0.2) is 11.3 Å². The molecule has 2 aromatic rings. The first-order chi connectivity index (χ1) is 16.5. The zero-order valence-electron chi connectivity index (χ0n) is 20.5. The second-order valence-corrected chi connectivity index (χ2v) is 8.97. The van der Waals surface area contributed by atoms with E-state index in [2.05, 4.69) is 27.7 Å². The molecule has 1 atom stereocenters. The van der Waals surface area contributed by atoms with Gasteiger partial charge >= 0.3 is 5.97 Å². The number of hydrogen-bond acceptors (Lipinski definition) is 7. The molecule has 0 unspecified atom stereocenters. The van der Waals surface area contributed by atoms with E-state index >= 15 is 0 Å². The number of pyridine rings is 1.